The Morgan fingerprint density at radius 1 is 1.24 bits per heavy atom. The van der Waals surface area contributed by atoms with Gasteiger partial charge in [-0.05, 0) is 36.5 Å². The van der Waals surface area contributed by atoms with Gasteiger partial charge in [-0.15, -0.1) is 0 Å². The maximum Gasteiger partial charge on any atom is 0.416 e. The lowest BCUT2D eigenvalue weighted by atomic mass is 9.85. The van der Waals surface area contributed by atoms with Crippen molar-refractivity contribution in [3.63, 3.8) is 0 Å². The fourth-order valence-electron chi connectivity index (χ4n) is 4.00. The number of aryl methyl sites for hydroxylation is 1. The van der Waals surface area contributed by atoms with Crippen LogP contribution in [0.5, 0.6) is 0 Å². The van der Waals surface area contributed by atoms with E-state index in [-0.39, 0.29) is 36.5 Å². The van der Waals surface area contributed by atoms with E-state index in [0.717, 1.165) is 6.07 Å². The second-order valence-corrected chi connectivity index (χ2v) is 8.08. The highest BCUT2D eigenvalue weighted by Crippen LogP contribution is 2.39. The molecule has 33 heavy (non-hydrogen) atoms. The minimum Gasteiger partial charge on any atom is -0.370 e. The lowest BCUT2D eigenvalue weighted by Crippen LogP contribution is -2.47. The van der Waals surface area contributed by atoms with Gasteiger partial charge in [0.05, 0.1) is 23.6 Å². The van der Waals surface area contributed by atoms with Crippen LogP contribution in [0, 0.1) is 0 Å². The molecule has 1 unspecified atom stereocenters. The molecular formula is C21H26F3N7O2. The Morgan fingerprint density at radius 2 is 1.91 bits per heavy atom. The number of guanidine groups is 1. The molecule has 6 N–H and O–H groups in total. The zero-order valence-corrected chi connectivity index (χ0v) is 18.0. The van der Waals surface area contributed by atoms with Gasteiger partial charge < -0.3 is 26.7 Å². The SMILES string of the molecule is Cn1cnc(CC(N)C(=O)N2CCC(c3ccc(C(=O)N=C(N)N)cc3C(F)(F)F)CC2)c1. The minimum atomic E-state index is -4.67. The van der Waals surface area contributed by atoms with Gasteiger partial charge in [0.15, 0.2) is 5.96 Å². The lowest BCUT2D eigenvalue weighted by molar-refractivity contribution is -0.139. The van der Waals surface area contributed by atoms with Crippen molar-refractivity contribution in [3.05, 3.63) is 53.1 Å². The van der Waals surface area contributed by atoms with Crippen molar-refractivity contribution in [2.75, 3.05) is 13.1 Å². The number of rotatable bonds is 5. The first-order valence-electron chi connectivity index (χ1n) is 10.3. The van der Waals surface area contributed by atoms with Crippen LogP contribution in [-0.2, 0) is 24.4 Å². The van der Waals surface area contributed by atoms with E-state index >= 15 is 0 Å². The molecule has 178 valence electrons. The van der Waals surface area contributed by atoms with Gasteiger partial charge in [0.25, 0.3) is 5.91 Å². The Bertz CT molecular complexity index is 1050. The maximum atomic E-state index is 13.7. The Labute approximate surface area is 188 Å². The molecule has 3 rings (SSSR count). The van der Waals surface area contributed by atoms with Crippen LogP contribution in [0.1, 0.15) is 45.9 Å². The summed E-state index contributed by atoms with van der Waals surface area (Å²) in [7, 11) is 1.81. The zero-order valence-electron chi connectivity index (χ0n) is 18.0. The standard InChI is InChI=1S/C21H26F3N7O2/c1-30-10-14(28-11-30)9-17(25)19(33)31-6-4-12(5-7-31)15-3-2-13(18(32)29-20(26)27)8-16(15)21(22,23)24/h2-3,8,10-12,17H,4-7,9,25H2,1H3,(H4,26,27,29,32). The normalized spacial score (nSPS) is 15.8. The molecule has 12 heteroatoms. The van der Waals surface area contributed by atoms with Crippen molar-refractivity contribution in [3.8, 4) is 0 Å². The van der Waals surface area contributed by atoms with E-state index in [1.165, 1.54) is 12.1 Å². The number of nitrogens with zero attached hydrogens (tertiary/aromatic N) is 4. The van der Waals surface area contributed by atoms with E-state index in [0.29, 0.717) is 18.5 Å². The lowest BCUT2D eigenvalue weighted by Gasteiger charge is -2.34. The first-order valence-corrected chi connectivity index (χ1v) is 10.3. The van der Waals surface area contributed by atoms with Crippen LogP contribution >= 0.6 is 0 Å². The molecule has 0 spiro atoms. The van der Waals surface area contributed by atoms with E-state index in [9.17, 15) is 22.8 Å². The molecule has 0 radical (unpaired) electrons. The average molecular weight is 465 g/mol. The van der Waals surface area contributed by atoms with Gasteiger partial charge >= 0.3 is 6.18 Å². The third-order valence-corrected chi connectivity index (χ3v) is 5.59. The summed E-state index contributed by atoms with van der Waals surface area (Å²) in [6.45, 7) is 0.566. The van der Waals surface area contributed by atoms with Crippen LogP contribution in [0.4, 0.5) is 13.2 Å². The quantitative estimate of drug-likeness (QED) is 0.446. The van der Waals surface area contributed by atoms with Crippen LogP contribution in [0.2, 0.25) is 0 Å². The number of likely N-dealkylation sites (tertiary alicyclic amines) is 1. The molecule has 2 aromatic rings. The van der Waals surface area contributed by atoms with Crippen molar-refractivity contribution in [2.45, 2.75) is 37.4 Å². The van der Waals surface area contributed by atoms with E-state index in [2.05, 4.69) is 9.98 Å². The molecule has 2 amide bonds. The molecule has 0 bridgehead atoms. The molecule has 2 heterocycles. The number of aliphatic imine (C=N–C) groups is 1. The Kier molecular flexibility index (Phi) is 7.06. The summed E-state index contributed by atoms with van der Waals surface area (Å²) in [6, 6.07) is 2.56. The van der Waals surface area contributed by atoms with Crippen molar-refractivity contribution in [1.82, 2.24) is 14.5 Å². The molecule has 0 saturated carbocycles. The minimum absolute atomic E-state index is 0.0774. The monoisotopic (exact) mass is 465 g/mol. The number of hydrogen-bond donors (Lipinski definition) is 3. The highest BCUT2D eigenvalue weighted by Gasteiger charge is 2.37. The number of carbonyl (C=O) groups excluding carboxylic acids is 2. The van der Waals surface area contributed by atoms with E-state index in [1.54, 1.807) is 22.0 Å². The predicted molar refractivity (Wildman–Crippen MR) is 115 cm³/mol. The predicted octanol–water partition coefficient (Wildman–Crippen LogP) is 1.13. The van der Waals surface area contributed by atoms with Gasteiger partial charge in [0, 0.05) is 38.3 Å². The molecule has 1 atom stereocenters. The fraction of sp³-hybridized carbons (Fsp3) is 0.429. The number of aromatic nitrogens is 2. The molecule has 9 nitrogen and oxygen atoms in total. The van der Waals surface area contributed by atoms with Crippen LogP contribution in [-0.4, -0.2) is 51.4 Å². The summed E-state index contributed by atoms with van der Waals surface area (Å²) in [5, 5.41) is 0. The Hall–Kier alpha value is -3.41. The largest absolute Gasteiger partial charge is 0.416 e. The van der Waals surface area contributed by atoms with Gasteiger partial charge in [-0.25, -0.2) is 4.98 Å². The molecule has 1 aliphatic rings. The first-order chi connectivity index (χ1) is 15.5. The number of halogens is 3. The first kappa shape index (κ1) is 24.2. The molecule has 1 fully saturated rings. The third kappa shape index (κ3) is 5.89. The number of piperidine rings is 1. The summed E-state index contributed by atoms with van der Waals surface area (Å²) < 4.78 is 43.0. The van der Waals surface area contributed by atoms with Crippen molar-refractivity contribution >= 4 is 17.8 Å². The number of alkyl halides is 3. The second kappa shape index (κ2) is 9.61. The third-order valence-electron chi connectivity index (χ3n) is 5.59. The topological polar surface area (TPSA) is 146 Å². The molecule has 1 aromatic heterocycles. The fourth-order valence-corrected chi connectivity index (χ4v) is 4.00. The zero-order chi connectivity index (χ0) is 24.3. The summed E-state index contributed by atoms with van der Waals surface area (Å²) in [4.78, 5) is 33.7. The molecule has 1 aliphatic heterocycles. The van der Waals surface area contributed by atoms with Gasteiger partial charge in [-0.2, -0.15) is 18.2 Å². The van der Waals surface area contributed by atoms with Crippen LogP contribution in [0.25, 0.3) is 0 Å². The van der Waals surface area contributed by atoms with E-state index in [1.807, 2.05) is 7.05 Å². The Morgan fingerprint density at radius 3 is 2.45 bits per heavy atom. The smallest absolute Gasteiger partial charge is 0.370 e. The van der Waals surface area contributed by atoms with Gasteiger partial charge in [-0.3, -0.25) is 9.59 Å². The van der Waals surface area contributed by atoms with E-state index < -0.39 is 35.6 Å². The highest BCUT2D eigenvalue weighted by atomic mass is 19.4. The number of amides is 2. The summed E-state index contributed by atoms with van der Waals surface area (Å²) in [5.41, 5.74) is 15.9. The molecule has 1 aromatic carbocycles. The average Bonchev–Trinajstić information content (AvgIpc) is 3.16. The van der Waals surface area contributed by atoms with Crippen LogP contribution in [0.15, 0.2) is 35.7 Å². The van der Waals surface area contributed by atoms with Crippen LogP contribution in [0.3, 0.4) is 0 Å². The Balaban J connectivity index is 1.71. The van der Waals surface area contributed by atoms with Crippen molar-refractivity contribution in [1.29, 1.82) is 0 Å². The number of imidazole rings is 1. The number of carbonyl (C=O) groups is 2. The maximum absolute atomic E-state index is 13.7. The summed E-state index contributed by atoms with van der Waals surface area (Å²) in [5.74, 6) is -2.16. The van der Waals surface area contributed by atoms with Gasteiger partial charge in [0.1, 0.15) is 0 Å². The van der Waals surface area contributed by atoms with Crippen molar-refractivity contribution in [2.24, 2.45) is 29.2 Å². The second-order valence-electron chi connectivity index (χ2n) is 8.08. The molecule has 1 saturated heterocycles. The van der Waals surface area contributed by atoms with Crippen LogP contribution < -0.4 is 17.2 Å². The van der Waals surface area contributed by atoms with Gasteiger partial charge in [-0.1, -0.05) is 6.07 Å². The summed E-state index contributed by atoms with van der Waals surface area (Å²) in [6.07, 6.45) is -0.310. The number of benzene rings is 1. The van der Waals surface area contributed by atoms with Gasteiger partial charge in [0.2, 0.25) is 5.91 Å². The number of hydrogen-bond acceptors (Lipinski definition) is 4. The number of nitrogens with two attached hydrogens (primary N) is 3. The summed E-state index contributed by atoms with van der Waals surface area (Å²) >= 11 is 0. The van der Waals surface area contributed by atoms with E-state index in [4.69, 9.17) is 17.2 Å². The molecular weight excluding hydrogens is 439 g/mol. The van der Waals surface area contributed by atoms with Crippen molar-refractivity contribution < 1.29 is 22.8 Å². The highest BCUT2D eigenvalue weighted by molar-refractivity contribution is 6.02. The molecule has 0 aliphatic carbocycles.